The molecule has 1 aliphatic heterocycles. The molecule has 0 aliphatic carbocycles. The summed E-state index contributed by atoms with van der Waals surface area (Å²) in [5.74, 6) is -0.0397. The monoisotopic (exact) mass is 179 g/mol. The lowest BCUT2D eigenvalue weighted by Gasteiger charge is -2.18. The van der Waals surface area contributed by atoms with Gasteiger partial charge in [0, 0.05) is 11.8 Å². The van der Waals surface area contributed by atoms with Crippen LogP contribution in [0.2, 0.25) is 0 Å². The zero-order valence-corrected chi connectivity index (χ0v) is 7.66. The van der Waals surface area contributed by atoms with E-state index < -0.39 is 0 Å². The number of aliphatic hydroxyl groups is 1. The molecule has 13 heavy (non-hydrogen) atoms. The second-order valence-electron chi connectivity index (χ2n) is 3.41. The summed E-state index contributed by atoms with van der Waals surface area (Å²) in [6.45, 7) is 5.41. The fraction of sp³-hybridized carbons (Fsp3) is 0.400. The Kier molecular flexibility index (Phi) is 2.78. The van der Waals surface area contributed by atoms with Crippen LogP contribution >= 0.6 is 0 Å². The van der Waals surface area contributed by atoms with Gasteiger partial charge < -0.3 is 5.11 Å². The van der Waals surface area contributed by atoms with Gasteiger partial charge in [0.05, 0.1) is 18.5 Å². The van der Waals surface area contributed by atoms with Gasteiger partial charge in [0.2, 0.25) is 0 Å². The molecular weight excluding hydrogens is 166 g/mol. The molecule has 0 radical (unpaired) electrons. The third kappa shape index (κ3) is 2.36. The van der Waals surface area contributed by atoms with Gasteiger partial charge in [0.15, 0.2) is 5.78 Å². The number of Topliss-reactive ketones (excluding diaryl/α,β-unsaturated/α-hetero) is 1. The van der Waals surface area contributed by atoms with E-state index in [1.807, 2.05) is 6.92 Å². The maximum Gasteiger partial charge on any atom is 0.175 e. The minimum atomic E-state index is -0.383. The van der Waals surface area contributed by atoms with Gasteiger partial charge in [-0.15, -0.1) is 6.58 Å². The highest BCUT2D eigenvalue weighted by atomic mass is 16.3. The number of allylic oxidation sites excluding steroid dienone is 2. The van der Waals surface area contributed by atoms with Crippen molar-refractivity contribution in [3.63, 3.8) is 0 Å². The average molecular weight is 179 g/mol. The fourth-order valence-electron chi connectivity index (χ4n) is 1.26. The number of hydrogen-bond acceptors (Lipinski definition) is 3. The Morgan fingerprint density at radius 2 is 2.54 bits per heavy atom. The third-order valence-electron chi connectivity index (χ3n) is 2.05. The average Bonchev–Trinajstić information content (AvgIpc) is 2.25. The molecule has 1 unspecified atom stereocenters. The molecule has 1 N–H and O–H groups in total. The number of rotatable bonds is 2. The molecule has 0 aromatic carbocycles. The molecule has 1 rings (SSSR count). The quantitative estimate of drug-likeness (QED) is 0.645. The Morgan fingerprint density at radius 1 is 1.85 bits per heavy atom. The second-order valence-corrected chi connectivity index (χ2v) is 3.41. The van der Waals surface area contributed by atoms with E-state index in [0.717, 1.165) is 0 Å². The lowest BCUT2D eigenvalue weighted by molar-refractivity contribution is -0.113. The van der Waals surface area contributed by atoms with Crippen molar-refractivity contribution in [2.24, 2.45) is 10.4 Å². The number of aliphatic imine (C=N–C) groups is 1. The third-order valence-corrected chi connectivity index (χ3v) is 2.05. The maximum absolute atomic E-state index is 11.2. The molecule has 0 saturated carbocycles. The lowest BCUT2D eigenvalue weighted by atomic mass is 9.85. The van der Waals surface area contributed by atoms with Gasteiger partial charge in [-0.2, -0.15) is 0 Å². The minimum Gasteiger partial charge on any atom is -0.390 e. The normalized spacial score (nSPS) is 28.2. The van der Waals surface area contributed by atoms with Gasteiger partial charge in [-0.1, -0.05) is 19.1 Å². The molecule has 0 spiro atoms. The van der Waals surface area contributed by atoms with Crippen LogP contribution in [0, 0.1) is 5.41 Å². The van der Waals surface area contributed by atoms with E-state index in [0.29, 0.717) is 12.1 Å². The summed E-state index contributed by atoms with van der Waals surface area (Å²) in [6.07, 6.45) is 5.11. The number of hydrogen-bond donors (Lipinski definition) is 1. The zero-order valence-electron chi connectivity index (χ0n) is 7.66. The van der Waals surface area contributed by atoms with E-state index >= 15 is 0 Å². The highest BCUT2D eigenvalue weighted by Crippen LogP contribution is 2.28. The molecule has 1 aliphatic rings. The number of nitrogens with zero attached hydrogens (tertiary/aromatic N) is 1. The van der Waals surface area contributed by atoms with Crippen LogP contribution in [0.15, 0.2) is 29.4 Å². The molecule has 3 heteroatoms. The van der Waals surface area contributed by atoms with E-state index in [9.17, 15) is 4.79 Å². The number of aliphatic hydroxyl groups excluding tert-OH is 1. The first-order valence-electron chi connectivity index (χ1n) is 4.13. The van der Waals surface area contributed by atoms with Crippen LogP contribution in [0.3, 0.4) is 0 Å². The first kappa shape index (κ1) is 9.86. The van der Waals surface area contributed by atoms with Gasteiger partial charge in [-0.25, -0.2) is 0 Å². The van der Waals surface area contributed by atoms with Crippen molar-refractivity contribution in [1.82, 2.24) is 0 Å². The minimum absolute atomic E-state index is 0.0397. The number of carbonyl (C=O) groups is 1. The van der Waals surface area contributed by atoms with Crippen LogP contribution in [-0.4, -0.2) is 23.7 Å². The molecule has 0 saturated heterocycles. The van der Waals surface area contributed by atoms with E-state index in [1.54, 1.807) is 12.2 Å². The van der Waals surface area contributed by atoms with Crippen LogP contribution in [-0.2, 0) is 4.79 Å². The molecule has 0 bridgehead atoms. The van der Waals surface area contributed by atoms with Gasteiger partial charge in [0.1, 0.15) is 0 Å². The van der Waals surface area contributed by atoms with Crippen molar-refractivity contribution < 1.29 is 9.90 Å². The lowest BCUT2D eigenvalue weighted by Crippen LogP contribution is -2.15. The second kappa shape index (κ2) is 3.66. The van der Waals surface area contributed by atoms with Crippen LogP contribution in [0.1, 0.15) is 13.3 Å². The highest BCUT2D eigenvalue weighted by Gasteiger charge is 2.23. The predicted octanol–water partition coefficient (Wildman–Crippen LogP) is 1.10. The zero-order chi connectivity index (χ0) is 9.90. The smallest absolute Gasteiger partial charge is 0.175 e. The van der Waals surface area contributed by atoms with Crippen molar-refractivity contribution in [2.75, 3.05) is 6.61 Å². The van der Waals surface area contributed by atoms with E-state index in [2.05, 4.69) is 11.6 Å². The molecule has 70 valence electrons. The number of carbonyl (C=O) groups excluding carboxylic acids is 1. The molecule has 0 fully saturated rings. The molecule has 0 aromatic heterocycles. The molecule has 0 amide bonds. The molecular formula is C10H13NO2. The Morgan fingerprint density at radius 3 is 3.08 bits per heavy atom. The Labute approximate surface area is 77.5 Å². The van der Waals surface area contributed by atoms with Crippen LogP contribution in [0.25, 0.3) is 0 Å². The summed E-state index contributed by atoms with van der Waals surface area (Å²) in [7, 11) is 0. The Bertz CT molecular complexity index is 291. The van der Waals surface area contributed by atoms with Crippen molar-refractivity contribution in [2.45, 2.75) is 13.3 Å². The molecule has 1 heterocycles. The maximum atomic E-state index is 11.2. The van der Waals surface area contributed by atoms with E-state index in [4.69, 9.17) is 5.11 Å². The van der Waals surface area contributed by atoms with Gasteiger partial charge in [-0.05, 0) is 0 Å². The highest BCUT2D eigenvalue weighted by molar-refractivity contribution is 6.28. The van der Waals surface area contributed by atoms with E-state index in [-0.39, 0.29) is 17.8 Å². The molecule has 1 atom stereocenters. The summed E-state index contributed by atoms with van der Waals surface area (Å²) < 4.78 is 0. The van der Waals surface area contributed by atoms with Gasteiger partial charge in [0.25, 0.3) is 0 Å². The molecule has 0 aromatic rings. The molecule has 3 nitrogen and oxygen atoms in total. The summed E-state index contributed by atoms with van der Waals surface area (Å²) in [5, 5.41) is 8.90. The Hall–Kier alpha value is -1.22. The topological polar surface area (TPSA) is 49.7 Å². The van der Waals surface area contributed by atoms with Crippen LogP contribution in [0.4, 0.5) is 0 Å². The van der Waals surface area contributed by atoms with Crippen molar-refractivity contribution >= 4 is 12.0 Å². The van der Waals surface area contributed by atoms with Gasteiger partial charge in [-0.3, -0.25) is 9.79 Å². The first-order chi connectivity index (χ1) is 6.09. The Balaban J connectivity index is 3.02. The van der Waals surface area contributed by atoms with Crippen molar-refractivity contribution in [3.05, 3.63) is 24.4 Å². The van der Waals surface area contributed by atoms with Crippen molar-refractivity contribution in [1.29, 1.82) is 0 Å². The van der Waals surface area contributed by atoms with E-state index in [1.165, 1.54) is 6.21 Å². The fourth-order valence-corrected chi connectivity index (χ4v) is 1.26. The summed E-state index contributed by atoms with van der Waals surface area (Å²) in [5.41, 5.74) is 0.138. The van der Waals surface area contributed by atoms with Crippen molar-refractivity contribution in [3.8, 4) is 0 Å². The largest absolute Gasteiger partial charge is 0.390 e. The number of ketones is 1. The summed E-state index contributed by atoms with van der Waals surface area (Å²) in [4.78, 5) is 15.1. The summed E-state index contributed by atoms with van der Waals surface area (Å²) in [6, 6.07) is 0. The van der Waals surface area contributed by atoms with Crippen LogP contribution in [0.5, 0.6) is 0 Å². The predicted molar refractivity (Wildman–Crippen MR) is 51.6 cm³/mol. The first-order valence-corrected chi connectivity index (χ1v) is 4.13. The standard InChI is InChI=1S/C10H13NO2/c1-3-10(2)4-8(7-12)11-6-9(13)5-10/h3-4,6,12H,1,5,7H2,2H3. The van der Waals surface area contributed by atoms with Crippen LogP contribution < -0.4 is 0 Å². The SMILES string of the molecule is C=CC1(C)C=C(CO)N=CC(=O)C1. The van der Waals surface area contributed by atoms with Gasteiger partial charge >= 0.3 is 0 Å². The summed E-state index contributed by atoms with van der Waals surface area (Å²) >= 11 is 0.